The second-order valence-corrected chi connectivity index (χ2v) is 14.8. The Hall–Kier alpha value is -6.81. The van der Waals surface area contributed by atoms with Crippen LogP contribution in [0, 0.1) is 25.5 Å². The molecule has 0 unspecified atom stereocenters. The van der Waals surface area contributed by atoms with Crippen molar-refractivity contribution in [1.82, 2.24) is 15.6 Å². The maximum Gasteiger partial charge on any atom is 0.337 e. The van der Waals surface area contributed by atoms with Crippen LogP contribution in [-0.2, 0) is 9.47 Å². The summed E-state index contributed by atoms with van der Waals surface area (Å²) in [6.45, 7) is 3.08. The van der Waals surface area contributed by atoms with Crippen LogP contribution in [0.2, 0.25) is 0 Å². The number of carbonyl (C=O) groups excluding carboxylic acids is 5. The molecule has 0 atom stereocenters. The number of amides is 3. The SMILES string of the molecule is COC(=O)c1ccc(-c2cc(C(=O)NC3CC3)cc(F)c2C)c(C(=O)Nc2nccs2)c1.COC(=O)c1ccc(-c2cc(C(=O)NC3CC3)cc(F)c2C)c(C(=O)O)c1. The fourth-order valence-corrected chi connectivity index (χ4v) is 6.56. The maximum atomic E-state index is 14.8. The minimum atomic E-state index is -1.27. The van der Waals surface area contributed by atoms with E-state index >= 15 is 0 Å². The van der Waals surface area contributed by atoms with Gasteiger partial charge in [0.1, 0.15) is 11.6 Å². The molecular weight excluding hydrogens is 787 g/mol. The molecule has 2 fully saturated rings. The van der Waals surface area contributed by atoms with Gasteiger partial charge in [0, 0.05) is 40.4 Å². The zero-order valence-corrected chi connectivity index (χ0v) is 33.1. The average molecular weight is 825 g/mol. The Morgan fingerprint density at radius 2 is 1.10 bits per heavy atom. The molecule has 59 heavy (non-hydrogen) atoms. The van der Waals surface area contributed by atoms with Gasteiger partial charge in [0.2, 0.25) is 0 Å². The fourth-order valence-electron chi connectivity index (χ4n) is 6.03. The number of hydrogen-bond acceptors (Lipinski definition) is 10. The molecular formula is C43H38F2N4O9S. The van der Waals surface area contributed by atoms with Gasteiger partial charge in [0.25, 0.3) is 17.7 Å². The van der Waals surface area contributed by atoms with Gasteiger partial charge in [-0.3, -0.25) is 19.7 Å². The second kappa shape index (κ2) is 17.8. The molecule has 4 N–H and O–H groups in total. The fraction of sp³-hybridized carbons (Fsp3) is 0.233. The summed E-state index contributed by atoms with van der Waals surface area (Å²) in [5.41, 5.74) is 2.22. The highest BCUT2D eigenvalue weighted by atomic mass is 32.1. The number of hydrogen-bond donors (Lipinski definition) is 4. The molecule has 1 heterocycles. The first-order valence-corrected chi connectivity index (χ1v) is 19.2. The van der Waals surface area contributed by atoms with Gasteiger partial charge in [0.05, 0.1) is 30.9 Å². The molecule has 2 aliphatic rings. The molecule has 5 aromatic rings. The lowest BCUT2D eigenvalue weighted by molar-refractivity contribution is 0.0591. The van der Waals surface area contributed by atoms with Crippen molar-refractivity contribution in [3.05, 3.63) is 128 Å². The third-order valence-corrected chi connectivity index (χ3v) is 10.3. The van der Waals surface area contributed by atoms with E-state index in [2.05, 4.69) is 25.7 Å². The number of carboxylic acid groups (broad SMARTS) is 1. The van der Waals surface area contributed by atoms with Crippen molar-refractivity contribution in [3.8, 4) is 22.3 Å². The van der Waals surface area contributed by atoms with Crippen molar-refractivity contribution < 1.29 is 52.1 Å². The summed E-state index contributed by atoms with van der Waals surface area (Å²) in [5.74, 6) is -5.02. The van der Waals surface area contributed by atoms with E-state index in [0.717, 1.165) is 31.7 Å². The predicted octanol–water partition coefficient (Wildman–Crippen LogP) is 7.37. The monoisotopic (exact) mass is 824 g/mol. The first-order chi connectivity index (χ1) is 28.2. The normalized spacial score (nSPS) is 13.0. The highest BCUT2D eigenvalue weighted by molar-refractivity contribution is 7.13. The van der Waals surface area contributed by atoms with Crippen LogP contribution in [0.25, 0.3) is 22.3 Å². The molecule has 1 aromatic heterocycles. The number of esters is 2. The Bertz CT molecular complexity index is 2500. The van der Waals surface area contributed by atoms with Crippen molar-refractivity contribution in [2.75, 3.05) is 19.5 Å². The van der Waals surface area contributed by atoms with E-state index in [1.54, 1.807) is 30.6 Å². The van der Waals surface area contributed by atoms with Gasteiger partial charge in [-0.2, -0.15) is 0 Å². The lowest BCUT2D eigenvalue weighted by atomic mass is 9.92. The Morgan fingerprint density at radius 1 is 0.644 bits per heavy atom. The zero-order valence-electron chi connectivity index (χ0n) is 32.2. The van der Waals surface area contributed by atoms with Gasteiger partial charge in [0.15, 0.2) is 5.13 Å². The van der Waals surface area contributed by atoms with E-state index in [0.29, 0.717) is 16.3 Å². The lowest BCUT2D eigenvalue weighted by Crippen LogP contribution is -2.25. The van der Waals surface area contributed by atoms with E-state index in [1.807, 2.05) is 0 Å². The zero-order chi connectivity index (χ0) is 42.5. The van der Waals surface area contributed by atoms with Gasteiger partial charge in [-0.15, -0.1) is 11.3 Å². The van der Waals surface area contributed by atoms with Crippen LogP contribution in [0.3, 0.4) is 0 Å². The topological polar surface area (TPSA) is 190 Å². The number of thiazole rings is 1. The third kappa shape index (κ3) is 9.84. The van der Waals surface area contributed by atoms with Crippen LogP contribution in [0.5, 0.6) is 0 Å². The number of aromatic carboxylic acids is 1. The highest BCUT2D eigenvalue weighted by Gasteiger charge is 2.27. The molecule has 16 heteroatoms. The number of benzene rings is 4. The summed E-state index contributed by atoms with van der Waals surface area (Å²) >= 11 is 1.24. The molecule has 3 amide bonds. The van der Waals surface area contributed by atoms with Gasteiger partial charge in [-0.05, 0) is 121 Å². The third-order valence-electron chi connectivity index (χ3n) is 9.63. The van der Waals surface area contributed by atoms with Crippen molar-refractivity contribution in [2.45, 2.75) is 51.6 Å². The largest absolute Gasteiger partial charge is 0.478 e. The number of rotatable bonds is 11. The average Bonchev–Trinajstić information content (AvgIpc) is 4.17. The number of carbonyl (C=O) groups is 6. The number of methoxy groups -OCH3 is 2. The van der Waals surface area contributed by atoms with Crippen LogP contribution >= 0.6 is 11.3 Å². The number of aromatic nitrogens is 1. The molecule has 0 radical (unpaired) electrons. The van der Waals surface area contributed by atoms with Crippen molar-refractivity contribution in [1.29, 1.82) is 0 Å². The van der Waals surface area contributed by atoms with Crippen LogP contribution in [-0.4, -0.2) is 72.0 Å². The molecule has 304 valence electrons. The van der Waals surface area contributed by atoms with Gasteiger partial charge in [-0.25, -0.2) is 28.1 Å². The molecule has 13 nitrogen and oxygen atoms in total. The molecule has 0 saturated heterocycles. The van der Waals surface area contributed by atoms with Crippen molar-refractivity contribution >= 4 is 52.1 Å². The lowest BCUT2D eigenvalue weighted by Gasteiger charge is -2.15. The summed E-state index contributed by atoms with van der Waals surface area (Å²) in [6, 6.07) is 14.0. The first-order valence-electron chi connectivity index (χ1n) is 18.3. The van der Waals surface area contributed by atoms with Crippen LogP contribution in [0.15, 0.2) is 72.2 Å². The quantitative estimate of drug-likeness (QED) is 0.0979. The van der Waals surface area contributed by atoms with Crippen LogP contribution in [0.4, 0.5) is 13.9 Å². The van der Waals surface area contributed by atoms with E-state index in [-0.39, 0.29) is 73.6 Å². The smallest absolute Gasteiger partial charge is 0.337 e. The van der Waals surface area contributed by atoms with Crippen molar-refractivity contribution in [3.63, 3.8) is 0 Å². The number of carboxylic acids is 1. The number of halogens is 2. The number of nitrogens with zero attached hydrogens (tertiary/aromatic N) is 1. The number of anilines is 1. The summed E-state index contributed by atoms with van der Waals surface area (Å²) in [4.78, 5) is 77.4. The maximum absolute atomic E-state index is 14.8. The Balaban J connectivity index is 0.000000201. The van der Waals surface area contributed by atoms with Gasteiger partial charge >= 0.3 is 17.9 Å². The minimum absolute atomic E-state index is 0.0689. The Morgan fingerprint density at radius 3 is 1.51 bits per heavy atom. The molecule has 7 rings (SSSR count). The summed E-state index contributed by atoms with van der Waals surface area (Å²) < 4.78 is 38.6. The summed E-state index contributed by atoms with van der Waals surface area (Å²) in [5, 5.41) is 19.9. The summed E-state index contributed by atoms with van der Waals surface area (Å²) in [6.07, 6.45) is 5.15. The molecule has 0 aliphatic heterocycles. The molecule has 2 saturated carbocycles. The molecule has 0 bridgehead atoms. The van der Waals surface area contributed by atoms with E-state index in [4.69, 9.17) is 4.74 Å². The number of ether oxygens (including phenoxy) is 2. The first kappa shape index (κ1) is 41.8. The van der Waals surface area contributed by atoms with E-state index in [1.165, 1.54) is 74.9 Å². The van der Waals surface area contributed by atoms with Crippen molar-refractivity contribution in [2.24, 2.45) is 0 Å². The predicted molar refractivity (Wildman–Crippen MR) is 214 cm³/mol. The summed E-state index contributed by atoms with van der Waals surface area (Å²) in [7, 11) is 2.44. The van der Waals surface area contributed by atoms with Crippen LogP contribution in [0.1, 0.15) is 99.0 Å². The number of nitrogens with one attached hydrogen (secondary N) is 3. The van der Waals surface area contributed by atoms with Gasteiger partial charge in [-0.1, -0.05) is 12.1 Å². The highest BCUT2D eigenvalue weighted by Crippen LogP contribution is 2.33. The molecule has 4 aromatic carbocycles. The Kier molecular flexibility index (Phi) is 12.6. The minimum Gasteiger partial charge on any atom is -0.478 e. The van der Waals surface area contributed by atoms with Gasteiger partial charge < -0.3 is 25.2 Å². The molecule has 2 aliphatic carbocycles. The second-order valence-electron chi connectivity index (χ2n) is 13.9. The van der Waals surface area contributed by atoms with Crippen LogP contribution < -0.4 is 16.0 Å². The van der Waals surface area contributed by atoms with E-state index < -0.39 is 41.4 Å². The van der Waals surface area contributed by atoms with E-state index in [9.17, 15) is 42.7 Å². The molecule has 0 spiro atoms. The standard InChI is InChI=1S/C23H20FN3O4S.C20H18FNO5/c1-12-17(10-14(11-19(12)24)20(28)26-15-4-5-15)16-6-3-13(22(30)31-2)9-18(16)21(29)27-23-25-7-8-32-23;1-10-15(8-12(9-17(10)21)18(23)22-13-4-5-13)14-6-3-11(20(26)27-2)7-16(14)19(24)25/h3,6-11,15H,4-5H2,1-2H3,(H,26,28)(H,25,27,29);3,6-9,13H,4-5H2,1-2H3,(H,22,23)(H,24,25). The Labute approximate surface area is 340 Å².